The van der Waals surface area contributed by atoms with Crippen molar-refractivity contribution in [2.24, 2.45) is 0 Å². The van der Waals surface area contributed by atoms with E-state index in [4.69, 9.17) is 4.42 Å². The molecule has 1 aromatic rings. The monoisotopic (exact) mass is 334 g/mol. The first kappa shape index (κ1) is 17.3. The second kappa shape index (κ2) is 6.23. The zero-order chi connectivity index (χ0) is 17.3. The minimum absolute atomic E-state index is 0.0620. The Morgan fingerprint density at radius 2 is 2.17 bits per heavy atom. The summed E-state index contributed by atoms with van der Waals surface area (Å²) in [5.74, 6) is -1.16. The SMILES string of the molecule is C[C@](O)(CNC(=O)[C@@H]1CCCN1C(=O)c1ccco1)C(F)(F)F. The van der Waals surface area contributed by atoms with Crippen LogP contribution < -0.4 is 5.32 Å². The Morgan fingerprint density at radius 1 is 1.48 bits per heavy atom. The van der Waals surface area contributed by atoms with E-state index in [2.05, 4.69) is 5.32 Å². The standard InChI is InChI=1S/C14H17F3N2O4/c1-13(22,14(15,16)17)8-18-11(20)9-4-2-6-19(9)12(21)10-5-3-7-23-10/h3,5,7,9,22H,2,4,6,8H2,1H3,(H,18,20)/t9-,13-/m0/s1. The topological polar surface area (TPSA) is 82.8 Å². The van der Waals surface area contributed by atoms with Crippen LogP contribution in [0.4, 0.5) is 13.2 Å². The molecule has 6 nitrogen and oxygen atoms in total. The summed E-state index contributed by atoms with van der Waals surface area (Å²) in [5.41, 5.74) is -3.03. The maximum atomic E-state index is 12.6. The zero-order valence-corrected chi connectivity index (χ0v) is 12.4. The Morgan fingerprint density at radius 3 is 2.74 bits per heavy atom. The van der Waals surface area contributed by atoms with E-state index in [0.29, 0.717) is 26.3 Å². The summed E-state index contributed by atoms with van der Waals surface area (Å²) in [6.07, 6.45) is -2.65. The highest BCUT2D eigenvalue weighted by Crippen LogP contribution is 2.29. The van der Waals surface area contributed by atoms with E-state index in [0.717, 1.165) is 0 Å². The number of aliphatic hydroxyl groups is 1. The molecule has 2 atom stereocenters. The van der Waals surface area contributed by atoms with Crippen LogP contribution in [0.2, 0.25) is 0 Å². The number of amides is 2. The molecule has 0 unspecified atom stereocenters. The molecule has 1 aliphatic heterocycles. The normalized spacial score (nSPS) is 21.1. The lowest BCUT2D eigenvalue weighted by Crippen LogP contribution is -2.54. The van der Waals surface area contributed by atoms with Gasteiger partial charge in [0.05, 0.1) is 12.8 Å². The lowest BCUT2D eigenvalue weighted by atomic mass is 10.1. The van der Waals surface area contributed by atoms with E-state index in [1.807, 2.05) is 0 Å². The molecule has 2 N–H and O–H groups in total. The van der Waals surface area contributed by atoms with Crippen molar-refractivity contribution in [3.8, 4) is 0 Å². The van der Waals surface area contributed by atoms with Gasteiger partial charge in [-0.15, -0.1) is 0 Å². The van der Waals surface area contributed by atoms with Crippen LogP contribution in [-0.2, 0) is 4.79 Å². The minimum atomic E-state index is -4.86. The van der Waals surface area contributed by atoms with Gasteiger partial charge in [-0.3, -0.25) is 9.59 Å². The molecule has 1 fully saturated rings. The maximum absolute atomic E-state index is 12.6. The first-order chi connectivity index (χ1) is 10.6. The molecule has 2 rings (SSSR count). The largest absolute Gasteiger partial charge is 0.459 e. The van der Waals surface area contributed by atoms with Crippen molar-refractivity contribution in [3.63, 3.8) is 0 Å². The molecule has 0 spiro atoms. The molecule has 0 bridgehead atoms. The van der Waals surface area contributed by atoms with Crippen LogP contribution >= 0.6 is 0 Å². The van der Waals surface area contributed by atoms with Gasteiger partial charge in [-0.25, -0.2) is 0 Å². The van der Waals surface area contributed by atoms with E-state index in [-0.39, 0.29) is 5.76 Å². The second-order valence-corrected chi connectivity index (χ2v) is 5.62. The first-order valence-corrected chi connectivity index (χ1v) is 7.05. The van der Waals surface area contributed by atoms with Crippen molar-refractivity contribution in [2.45, 2.75) is 37.6 Å². The molecule has 0 aliphatic carbocycles. The molecular formula is C14H17F3N2O4. The van der Waals surface area contributed by atoms with E-state index in [9.17, 15) is 27.9 Å². The average molecular weight is 334 g/mol. The van der Waals surface area contributed by atoms with Crippen molar-refractivity contribution < 1.29 is 32.3 Å². The number of halogens is 3. The highest BCUT2D eigenvalue weighted by Gasteiger charge is 2.50. The highest BCUT2D eigenvalue weighted by atomic mass is 19.4. The zero-order valence-electron chi connectivity index (χ0n) is 12.4. The first-order valence-electron chi connectivity index (χ1n) is 7.05. The van der Waals surface area contributed by atoms with Crippen molar-refractivity contribution in [3.05, 3.63) is 24.2 Å². The summed E-state index contributed by atoms with van der Waals surface area (Å²) in [5, 5.41) is 11.4. The van der Waals surface area contributed by atoms with Crippen LogP contribution in [0.25, 0.3) is 0 Å². The van der Waals surface area contributed by atoms with Gasteiger partial charge in [0, 0.05) is 6.54 Å². The molecule has 9 heteroatoms. The summed E-state index contributed by atoms with van der Waals surface area (Å²) >= 11 is 0. The average Bonchev–Trinajstić information content (AvgIpc) is 3.13. The lowest BCUT2D eigenvalue weighted by Gasteiger charge is -2.28. The second-order valence-electron chi connectivity index (χ2n) is 5.62. The van der Waals surface area contributed by atoms with Gasteiger partial charge in [-0.05, 0) is 31.9 Å². The smallest absolute Gasteiger partial charge is 0.418 e. The summed E-state index contributed by atoms with van der Waals surface area (Å²) in [7, 11) is 0. The molecule has 0 radical (unpaired) electrons. The van der Waals surface area contributed by atoms with Crippen LogP contribution in [0.1, 0.15) is 30.3 Å². The molecule has 2 heterocycles. The molecule has 1 aromatic heterocycles. The van der Waals surface area contributed by atoms with Crippen LogP contribution in [0.5, 0.6) is 0 Å². The van der Waals surface area contributed by atoms with Gasteiger partial charge in [0.25, 0.3) is 5.91 Å². The number of alkyl halides is 3. The van der Waals surface area contributed by atoms with Crippen LogP contribution in [0.15, 0.2) is 22.8 Å². The van der Waals surface area contributed by atoms with E-state index < -0.39 is 36.2 Å². The van der Waals surface area contributed by atoms with Crippen molar-refractivity contribution in [1.29, 1.82) is 0 Å². The van der Waals surface area contributed by atoms with Gasteiger partial charge in [0.1, 0.15) is 6.04 Å². The van der Waals surface area contributed by atoms with Crippen molar-refractivity contribution in [2.75, 3.05) is 13.1 Å². The fraction of sp³-hybridized carbons (Fsp3) is 0.571. The fourth-order valence-electron chi connectivity index (χ4n) is 2.30. The van der Waals surface area contributed by atoms with Gasteiger partial charge >= 0.3 is 6.18 Å². The third-order valence-electron chi connectivity index (χ3n) is 3.77. The predicted molar refractivity (Wildman–Crippen MR) is 72.5 cm³/mol. The number of likely N-dealkylation sites (tertiary alicyclic amines) is 1. The highest BCUT2D eigenvalue weighted by molar-refractivity contribution is 5.95. The number of carbonyl (C=O) groups excluding carboxylic acids is 2. The van der Waals surface area contributed by atoms with Crippen molar-refractivity contribution in [1.82, 2.24) is 10.2 Å². The van der Waals surface area contributed by atoms with Crippen LogP contribution in [0, 0.1) is 0 Å². The number of hydrogen-bond acceptors (Lipinski definition) is 4. The summed E-state index contributed by atoms with van der Waals surface area (Å²) in [6.45, 7) is -0.0877. The molecule has 1 aliphatic rings. The molecule has 2 amide bonds. The Kier molecular flexibility index (Phi) is 4.69. The number of nitrogens with zero attached hydrogens (tertiary/aromatic N) is 1. The summed E-state index contributed by atoms with van der Waals surface area (Å²) in [6, 6.07) is 2.10. The van der Waals surface area contributed by atoms with Crippen molar-refractivity contribution >= 4 is 11.8 Å². The van der Waals surface area contributed by atoms with E-state index >= 15 is 0 Å². The molecule has 128 valence electrons. The Hall–Kier alpha value is -2.03. The number of nitrogens with one attached hydrogen (secondary N) is 1. The number of carbonyl (C=O) groups is 2. The van der Waals surface area contributed by atoms with E-state index in [1.54, 1.807) is 0 Å². The van der Waals surface area contributed by atoms with Gasteiger partial charge in [-0.1, -0.05) is 0 Å². The third kappa shape index (κ3) is 3.66. The molecule has 23 heavy (non-hydrogen) atoms. The Bertz CT molecular complexity index is 569. The van der Waals surface area contributed by atoms with Gasteiger partial charge in [0.2, 0.25) is 5.91 Å². The molecule has 0 saturated carbocycles. The van der Waals surface area contributed by atoms with Gasteiger partial charge in [-0.2, -0.15) is 13.2 Å². The molecular weight excluding hydrogens is 317 g/mol. The van der Waals surface area contributed by atoms with Crippen LogP contribution in [0.3, 0.4) is 0 Å². The van der Waals surface area contributed by atoms with Gasteiger partial charge in [0.15, 0.2) is 11.4 Å². The van der Waals surface area contributed by atoms with Crippen LogP contribution in [-0.4, -0.2) is 52.7 Å². The minimum Gasteiger partial charge on any atom is -0.459 e. The summed E-state index contributed by atoms with van der Waals surface area (Å²) < 4.78 is 42.7. The Balaban J connectivity index is 2.00. The van der Waals surface area contributed by atoms with E-state index in [1.165, 1.54) is 23.3 Å². The maximum Gasteiger partial charge on any atom is 0.418 e. The summed E-state index contributed by atoms with van der Waals surface area (Å²) in [4.78, 5) is 25.6. The molecule has 1 saturated heterocycles. The number of rotatable bonds is 4. The number of furan rings is 1. The lowest BCUT2D eigenvalue weighted by molar-refractivity contribution is -0.250. The Labute approximate surface area is 130 Å². The van der Waals surface area contributed by atoms with Gasteiger partial charge < -0.3 is 19.7 Å². The quantitative estimate of drug-likeness (QED) is 0.870. The predicted octanol–water partition coefficient (Wildman–Crippen LogP) is 1.31. The number of hydrogen-bond donors (Lipinski definition) is 2. The third-order valence-corrected chi connectivity index (χ3v) is 3.77. The fourth-order valence-corrected chi connectivity index (χ4v) is 2.30. The molecule has 0 aromatic carbocycles.